The molecule has 1 heterocycles. The topological polar surface area (TPSA) is 87.2 Å². The van der Waals surface area contributed by atoms with Crippen molar-refractivity contribution in [3.63, 3.8) is 0 Å². The number of imide groups is 1. The monoisotopic (exact) mass is 283 g/mol. The lowest BCUT2D eigenvalue weighted by molar-refractivity contribution is -0.127. The molecule has 1 spiro atoms. The molecule has 0 unspecified atom stereocenters. The maximum absolute atomic E-state index is 12.8. The van der Waals surface area contributed by atoms with Crippen LogP contribution >= 0.6 is 0 Å². The van der Waals surface area contributed by atoms with Crippen LogP contribution < -0.4 is 10.6 Å². The zero-order valence-corrected chi connectivity index (χ0v) is 11.8. The Kier molecular flexibility index (Phi) is 3.17. The van der Waals surface area contributed by atoms with Crippen molar-refractivity contribution < 1.29 is 9.59 Å². The predicted molar refractivity (Wildman–Crippen MR) is 78.2 cm³/mol. The molecule has 0 atom stereocenters. The SMILES string of the molecule is N#Cc1ccc(N2C(=O)CC3(CCCCC3)C2=O)c(N)c1. The first-order chi connectivity index (χ1) is 10.1. The molecule has 5 nitrogen and oxygen atoms in total. The number of hydrogen-bond donors (Lipinski definition) is 1. The first kappa shape index (κ1) is 13.6. The molecule has 0 bridgehead atoms. The molecule has 2 fully saturated rings. The first-order valence-corrected chi connectivity index (χ1v) is 7.24. The van der Waals surface area contributed by atoms with Crippen LogP contribution in [0, 0.1) is 16.7 Å². The Labute approximate surface area is 123 Å². The van der Waals surface area contributed by atoms with Gasteiger partial charge in [0.15, 0.2) is 0 Å². The van der Waals surface area contributed by atoms with Crippen LogP contribution in [0.15, 0.2) is 18.2 Å². The molecule has 2 N–H and O–H groups in total. The molecule has 1 saturated carbocycles. The summed E-state index contributed by atoms with van der Waals surface area (Å²) in [6.45, 7) is 0. The predicted octanol–water partition coefficient (Wildman–Crippen LogP) is 2.35. The number of hydrogen-bond acceptors (Lipinski definition) is 4. The molecule has 0 radical (unpaired) electrons. The summed E-state index contributed by atoms with van der Waals surface area (Å²) in [5, 5.41) is 8.87. The Morgan fingerprint density at radius 2 is 1.90 bits per heavy atom. The number of nitrogen functional groups attached to an aromatic ring is 1. The van der Waals surface area contributed by atoms with Gasteiger partial charge in [0.2, 0.25) is 11.8 Å². The Morgan fingerprint density at radius 1 is 1.19 bits per heavy atom. The number of nitrogens with zero attached hydrogens (tertiary/aromatic N) is 2. The van der Waals surface area contributed by atoms with Crippen molar-refractivity contribution in [1.29, 1.82) is 5.26 Å². The minimum Gasteiger partial charge on any atom is -0.397 e. The number of anilines is 2. The number of carbonyl (C=O) groups is 2. The number of amides is 2. The summed E-state index contributed by atoms with van der Waals surface area (Å²) in [5.41, 5.74) is 6.53. The molecule has 1 saturated heterocycles. The van der Waals surface area contributed by atoms with E-state index in [0.29, 0.717) is 16.9 Å². The van der Waals surface area contributed by atoms with Crippen LogP contribution in [0.5, 0.6) is 0 Å². The lowest BCUT2D eigenvalue weighted by atomic mass is 9.73. The van der Waals surface area contributed by atoms with Gasteiger partial charge in [0, 0.05) is 6.42 Å². The molecule has 1 aliphatic heterocycles. The van der Waals surface area contributed by atoms with E-state index in [1.165, 1.54) is 11.0 Å². The third kappa shape index (κ3) is 2.07. The minimum atomic E-state index is -0.518. The number of nitrogens with two attached hydrogens (primary N) is 1. The highest BCUT2D eigenvalue weighted by atomic mass is 16.2. The molecular formula is C16H17N3O2. The fourth-order valence-corrected chi connectivity index (χ4v) is 3.49. The fourth-order valence-electron chi connectivity index (χ4n) is 3.49. The van der Waals surface area contributed by atoms with Gasteiger partial charge in [0.25, 0.3) is 0 Å². The van der Waals surface area contributed by atoms with Crippen LogP contribution in [-0.4, -0.2) is 11.8 Å². The third-order valence-corrected chi connectivity index (χ3v) is 4.60. The van der Waals surface area contributed by atoms with E-state index < -0.39 is 5.41 Å². The highest BCUT2D eigenvalue weighted by Crippen LogP contribution is 2.47. The van der Waals surface area contributed by atoms with Gasteiger partial charge in [-0.25, -0.2) is 4.90 Å². The lowest BCUT2D eigenvalue weighted by Gasteiger charge is -2.30. The van der Waals surface area contributed by atoms with E-state index in [9.17, 15) is 9.59 Å². The highest BCUT2D eigenvalue weighted by Gasteiger charge is 2.52. The van der Waals surface area contributed by atoms with Crippen molar-refractivity contribution >= 4 is 23.2 Å². The Bertz CT molecular complexity index is 654. The second-order valence-electron chi connectivity index (χ2n) is 5.94. The van der Waals surface area contributed by atoms with Crippen LogP contribution in [0.3, 0.4) is 0 Å². The fraction of sp³-hybridized carbons (Fsp3) is 0.438. The molecule has 108 valence electrons. The van der Waals surface area contributed by atoms with E-state index in [1.807, 2.05) is 6.07 Å². The smallest absolute Gasteiger partial charge is 0.240 e. The second kappa shape index (κ2) is 4.88. The number of nitriles is 1. The molecule has 5 heteroatoms. The Balaban J connectivity index is 1.98. The van der Waals surface area contributed by atoms with Crippen molar-refractivity contribution in [3.05, 3.63) is 23.8 Å². The van der Waals surface area contributed by atoms with Gasteiger partial charge in [0.1, 0.15) is 0 Å². The van der Waals surface area contributed by atoms with Gasteiger partial charge in [-0.3, -0.25) is 9.59 Å². The van der Waals surface area contributed by atoms with Gasteiger partial charge in [-0.1, -0.05) is 19.3 Å². The largest absolute Gasteiger partial charge is 0.397 e. The average molecular weight is 283 g/mol. The summed E-state index contributed by atoms with van der Waals surface area (Å²) in [7, 11) is 0. The number of benzene rings is 1. The summed E-state index contributed by atoms with van der Waals surface area (Å²) in [6.07, 6.45) is 4.97. The van der Waals surface area contributed by atoms with Gasteiger partial charge in [-0.05, 0) is 31.0 Å². The van der Waals surface area contributed by atoms with Crippen LogP contribution in [0.4, 0.5) is 11.4 Å². The minimum absolute atomic E-state index is 0.122. The van der Waals surface area contributed by atoms with E-state index in [2.05, 4.69) is 0 Å². The van der Waals surface area contributed by atoms with E-state index in [4.69, 9.17) is 11.0 Å². The molecule has 1 aliphatic carbocycles. The number of rotatable bonds is 1. The van der Waals surface area contributed by atoms with Crippen LogP contribution in [0.25, 0.3) is 0 Å². The molecule has 1 aromatic carbocycles. The summed E-state index contributed by atoms with van der Waals surface area (Å²) < 4.78 is 0. The van der Waals surface area contributed by atoms with E-state index >= 15 is 0 Å². The summed E-state index contributed by atoms with van der Waals surface area (Å²) in [5.74, 6) is -0.304. The van der Waals surface area contributed by atoms with Crippen LogP contribution in [0.1, 0.15) is 44.1 Å². The van der Waals surface area contributed by atoms with Crippen LogP contribution in [-0.2, 0) is 9.59 Å². The maximum Gasteiger partial charge on any atom is 0.240 e. The summed E-state index contributed by atoms with van der Waals surface area (Å²) in [4.78, 5) is 26.4. The van der Waals surface area contributed by atoms with Crippen molar-refractivity contribution in [2.24, 2.45) is 5.41 Å². The zero-order chi connectivity index (χ0) is 15.0. The van der Waals surface area contributed by atoms with Crippen molar-refractivity contribution in [1.82, 2.24) is 0 Å². The van der Waals surface area contributed by atoms with Crippen molar-refractivity contribution in [3.8, 4) is 6.07 Å². The van der Waals surface area contributed by atoms with Crippen LogP contribution in [0.2, 0.25) is 0 Å². The Hall–Kier alpha value is -2.35. The van der Waals surface area contributed by atoms with Crippen molar-refractivity contribution in [2.45, 2.75) is 38.5 Å². The van der Waals surface area contributed by atoms with E-state index in [1.54, 1.807) is 12.1 Å². The molecule has 2 amide bonds. The molecule has 0 aromatic heterocycles. The van der Waals surface area contributed by atoms with E-state index in [-0.39, 0.29) is 18.2 Å². The number of carbonyl (C=O) groups excluding carboxylic acids is 2. The quantitative estimate of drug-likeness (QED) is 0.633. The van der Waals surface area contributed by atoms with Gasteiger partial charge >= 0.3 is 0 Å². The van der Waals surface area contributed by atoms with Gasteiger partial charge in [-0.2, -0.15) is 5.26 Å². The summed E-state index contributed by atoms with van der Waals surface area (Å²) in [6, 6.07) is 6.67. The highest BCUT2D eigenvalue weighted by molar-refractivity contribution is 6.23. The molecule has 1 aromatic rings. The average Bonchev–Trinajstić information content (AvgIpc) is 2.71. The standard InChI is InChI=1S/C16H17N3O2/c17-10-11-4-5-13(12(18)8-11)19-14(20)9-16(15(19)21)6-2-1-3-7-16/h4-5,8H,1-3,6-7,9,18H2. The molecular weight excluding hydrogens is 266 g/mol. The van der Waals surface area contributed by atoms with Gasteiger partial charge < -0.3 is 5.73 Å². The Morgan fingerprint density at radius 3 is 2.52 bits per heavy atom. The summed E-state index contributed by atoms with van der Waals surface area (Å²) >= 11 is 0. The third-order valence-electron chi connectivity index (χ3n) is 4.60. The molecule has 21 heavy (non-hydrogen) atoms. The normalized spacial score (nSPS) is 20.8. The molecule has 2 aliphatic rings. The first-order valence-electron chi connectivity index (χ1n) is 7.24. The van der Waals surface area contributed by atoms with E-state index in [0.717, 1.165) is 32.1 Å². The lowest BCUT2D eigenvalue weighted by Crippen LogP contribution is -2.37. The second-order valence-corrected chi connectivity index (χ2v) is 5.94. The van der Waals surface area contributed by atoms with Gasteiger partial charge in [0.05, 0.1) is 28.4 Å². The zero-order valence-electron chi connectivity index (χ0n) is 11.8. The van der Waals surface area contributed by atoms with Gasteiger partial charge in [-0.15, -0.1) is 0 Å². The molecule has 3 rings (SSSR count). The maximum atomic E-state index is 12.8. The van der Waals surface area contributed by atoms with Crippen molar-refractivity contribution in [2.75, 3.05) is 10.6 Å².